The number of anilines is 1. The van der Waals surface area contributed by atoms with E-state index in [1.165, 1.54) is 11.9 Å². The standard InChI is InChI=1S/C14H12BrN5/c15-12-4-2-11(3-5-12)9-16-13-8-14(18-10-17-13)20-7-1-6-19-20/h1-8,10H,9H2,(H,16,17,18). The van der Waals surface area contributed by atoms with Crippen molar-refractivity contribution in [2.75, 3.05) is 5.32 Å². The highest BCUT2D eigenvalue weighted by Crippen LogP contribution is 2.13. The minimum absolute atomic E-state index is 0.711. The molecule has 0 aliphatic rings. The zero-order valence-corrected chi connectivity index (χ0v) is 12.2. The van der Waals surface area contributed by atoms with Gasteiger partial charge in [0.05, 0.1) is 0 Å². The molecule has 3 rings (SSSR count). The van der Waals surface area contributed by atoms with Crippen LogP contribution in [0.2, 0.25) is 0 Å². The number of halogens is 1. The van der Waals surface area contributed by atoms with Crippen LogP contribution in [0.25, 0.3) is 5.82 Å². The van der Waals surface area contributed by atoms with E-state index in [-0.39, 0.29) is 0 Å². The van der Waals surface area contributed by atoms with Gasteiger partial charge in [-0.1, -0.05) is 28.1 Å². The van der Waals surface area contributed by atoms with Crippen molar-refractivity contribution in [3.63, 3.8) is 0 Å². The lowest BCUT2D eigenvalue weighted by Gasteiger charge is -2.07. The Kier molecular flexibility index (Phi) is 3.73. The van der Waals surface area contributed by atoms with Gasteiger partial charge in [0.1, 0.15) is 12.1 Å². The normalized spacial score (nSPS) is 10.4. The highest BCUT2D eigenvalue weighted by atomic mass is 79.9. The summed E-state index contributed by atoms with van der Waals surface area (Å²) in [5, 5.41) is 7.42. The van der Waals surface area contributed by atoms with Crippen LogP contribution in [0.1, 0.15) is 5.56 Å². The average Bonchev–Trinajstić information content (AvgIpc) is 3.01. The number of nitrogens with zero attached hydrogens (tertiary/aromatic N) is 4. The topological polar surface area (TPSA) is 55.6 Å². The molecule has 1 N–H and O–H groups in total. The molecule has 3 aromatic rings. The smallest absolute Gasteiger partial charge is 0.158 e. The molecule has 0 aliphatic carbocycles. The van der Waals surface area contributed by atoms with E-state index in [4.69, 9.17) is 0 Å². The Morgan fingerprint density at radius 1 is 1.15 bits per heavy atom. The van der Waals surface area contributed by atoms with Gasteiger partial charge in [0, 0.05) is 29.5 Å². The molecule has 0 fully saturated rings. The van der Waals surface area contributed by atoms with Crippen LogP contribution in [0, 0.1) is 0 Å². The van der Waals surface area contributed by atoms with Gasteiger partial charge in [-0.2, -0.15) is 5.10 Å². The molecule has 0 spiro atoms. The van der Waals surface area contributed by atoms with E-state index in [1.54, 1.807) is 10.9 Å². The molecule has 2 aromatic heterocycles. The van der Waals surface area contributed by atoms with Crippen molar-refractivity contribution in [2.24, 2.45) is 0 Å². The summed E-state index contributed by atoms with van der Waals surface area (Å²) in [6.45, 7) is 0.711. The van der Waals surface area contributed by atoms with Crippen LogP contribution in [0.5, 0.6) is 0 Å². The van der Waals surface area contributed by atoms with Crippen LogP contribution in [-0.4, -0.2) is 19.7 Å². The molecule has 5 nitrogen and oxygen atoms in total. The molecule has 0 radical (unpaired) electrons. The number of nitrogens with one attached hydrogen (secondary N) is 1. The quantitative estimate of drug-likeness (QED) is 0.799. The maximum absolute atomic E-state index is 4.21. The summed E-state index contributed by atoms with van der Waals surface area (Å²) in [5.41, 5.74) is 1.19. The van der Waals surface area contributed by atoms with Crippen LogP contribution < -0.4 is 5.32 Å². The first-order valence-corrected chi connectivity index (χ1v) is 6.91. The number of hydrogen-bond acceptors (Lipinski definition) is 4. The Bertz CT molecular complexity index is 679. The third-order valence-corrected chi connectivity index (χ3v) is 3.31. The van der Waals surface area contributed by atoms with Crippen molar-refractivity contribution >= 4 is 21.7 Å². The number of rotatable bonds is 4. The molecule has 100 valence electrons. The Labute approximate surface area is 124 Å². The fourth-order valence-electron chi connectivity index (χ4n) is 1.77. The largest absolute Gasteiger partial charge is 0.366 e. The SMILES string of the molecule is Brc1ccc(CNc2cc(-n3cccn3)ncn2)cc1. The highest BCUT2D eigenvalue weighted by molar-refractivity contribution is 9.10. The van der Waals surface area contributed by atoms with E-state index in [9.17, 15) is 0 Å². The van der Waals surface area contributed by atoms with Gasteiger partial charge >= 0.3 is 0 Å². The van der Waals surface area contributed by atoms with Crippen molar-refractivity contribution in [3.05, 3.63) is 65.2 Å². The fourth-order valence-corrected chi connectivity index (χ4v) is 2.03. The van der Waals surface area contributed by atoms with Crippen molar-refractivity contribution in [2.45, 2.75) is 6.54 Å². The number of aromatic nitrogens is 4. The molecule has 0 saturated heterocycles. The van der Waals surface area contributed by atoms with Crippen molar-refractivity contribution in [1.82, 2.24) is 19.7 Å². The van der Waals surface area contributed by atoms with E-state index >= 15 is 0 Å². The molecular weight excluding hydrogens is 318 g/mol. The van der Waals surface area contributed by atoms with Crippen molar-refractivity contribution in [1.29, 1.82) is 0 Å². The monoisotopic (exact) mass is 329 g/mol. The number of benzene rings is 1. The Balaban J connectivity index is 1.72. The first kappa shape index (κ1) is 12.8. The van der Waals surface area contributed by atoms with Gasteiger partial charge in [-0.3, -0.25) is 0 Å². The predicted octanol–water partition coefficient (Wildman–Crippen LogP) is 3.04. The van der Waals surface area contributed by atoms with E-state index in [0.29, 0.717) is 6.54 Å². The minimum atomic E-state index is 0.711. The summed E-state index contributed by atoms with van der Waals surface area (Å²) in [4.78, 5) is 8.40. The van der Waals surface area contributed by atoms with Crippen LogP contribution in [-0.2, 0) is 6.54 Å². The van der Waals surface area contributed by atoms with Crippen molar-refractivity contribution in [3.8, 4) is 5.82 Å². The Morgan fingerprint density at radius 3 is 2.75 bits per heavy atom. The highest BCUT2D eigenvalue weighted by Gasteiger charge is 2.01. The molecule has 0 aliphatic heterocycles. The second-order valence-electron chi connectivity index (χ2n) is 4.19. The molecule has 6 heteroatoms. The molecule has 2 heterocycles. The van der Waals surface area contributed by atoms with Crippen LogP contribution in [0.4, 0.5) is 5.82 Å². The lowest BCUT2D eigenvalue weighted by Crippen LogP contribution is -2.04. The molecule has 20 heavy (non-hydrogen) atoms. The predicted molar refractivity (Wildman–Crippen MR) is 80.6 cm³/mol. The zero-order chi connectivity index (χ0) is 13.8. The summed E-state index contributed by atoms with van der Waals surface area (Å²) in [6.07, 6.45) is 5.10. The third-order valence-electron chi connectivity index (χ3n) is 2.78. The van der Waals surface area contributed by atoms with Gasteiger partial charge in [0.15, 0.2) is 5.82 Å². The third kappa shape index (κ3) is 3.03. The molecule has 0 unspecified atom stereocenters. The first-order chi connectivity index (χ1) is 9.81. The van der Waals surface area contributed by atoms with E-state index in [2.05, 4.69) is 48.4 Å². The average molecular weight is 330 g/mol. The lowest BCUT2D eigenvalue weighted by molar-refractivity contribution is 0.839. The van der Waals surface area contributed by atoms with Crippen LogP contribution in [0.3, 0.4) is 0 Å². The van der Waals surface area contributed by atoms with Gasteiger partial charge in [-0.15, -0.1) is 0 Å². The Morgan fingerprint density at radius 2 is 2.00 bits per heavy atom. The van der Waals surface area contributed by atoms with Gasteiger partial charge in [0.25, 0.3) is 0 Å². The molecule has 1 aromatic carbocycles. The summed E-state index contributed by atoms with van der Waals surface area (Å²) < 4.78 is 2.77. The second kappa shape index (κ2) is 5.83. The lowest BCUT2D eigenvalue weighted by atomic mass is 10.2. The van der Waals surface area contributed by atoms with Gasteiger partial charge in [-0.05, 0) is 23.8 Å². The van der Waals surface area contributed by atoms with E-state index in [1.807, 2.05) is 30.5 Å². The van der Waals surface area contributed by atoms with Crippen molar-refractivity contribution < 1.29 is 0 Å². The molecular formula is C14H12BrN5. The molecule has 0 atom stereocenters. The van der Waals surface area contributed by atoms with E-state index < -0.39 is 0 Å². The summed E-state index contributed by atoms with van der Waals surface area (Å²) in [6, 6.07) is 11.9. The molecule has 0 bridgehead atoms. The maximum Gasteiger partial charge on any atom is 0.158 e. The maximum atomic E-state index is 4.21. The van der Waals surface area contributed by atoms with Crippen LogP contribution in [0.15, 0.2) is 59.6 Å². The van der Waals surface area contributed by atoms with Gasteiger partial charge in [0.2, 0.25) is 0 Å². The summed E-state index contributed by atoms with van der Waals surface area (Å²) in [7, 11) is 0. The molecule has 0 saturated carbocycles. The van der Waals surface area contributed by atoms with E-state index in [0.717, 1.165) is 16.1 Å². The summed E-state index contributed by atoms with van der Waals surface area (Å²) in [5.74, 6) is 1.51. The number of hydrogen-bond donors (Lipinski definition) is 1. The first-order valence-electron chi connectivity index (χ1n) is 6.12. The Hall–Kier alpha value is -2.21. The van der Waals surface area contributed by atoms with Crippen LogP contribution >= 0.6 is 15.9 Å². The molecule has 0 amide bonds. The zero-order valence-electron chi connectivity index (χ0n) is 10.6. The second-order valence-corrected chi connectivity index (χ2v) is 5.11. The van der Waals surface area contributed by atoms with Gasteiger partial charge < -0.3 is 5.32 Å². The summed E-state index contributed by atoms with van der Waals surface area (Å²) >= 11 is 3.42. The van der Waals surface area contributed by atoms with Gasteiger partial charge in [-0.25, -0.2) is 14.6 Å². The minimum Gasteiger partial charge on any atom is -0.366 e. The fraction of sp³-hybridized carbons (Fsp3) is 0.0714.